The molecule has 0 radical (unpaired) electrons. The maximum absolute atomic E-state index is 10.7. The quantitative estimate of drug-likeness (QED) is 0.848. The SMILES string of the molecule is COc1cc(C(C)(C)C)c(O)cc1CC(=O)O. The minimum atomic E-state index is -0.953. The summed E-state index contributed by atoms with van der Waals surface area (Å²) in [7, 11) is 1.49. The molecule has 0 unspecified atom stereocenters. The minimum Gasteiger partial charge on any atom is -0.508 e. The molecule has 94 valence electrons. The van der Waals surface area contributed by atoms with Crippen LogP contribution >= 0.6 is 0 Å². The Morgan fingerprint density at radius 2 is 1.94 bits per heavy atom. The van der Waals surface area contributed by atoms with Gasteiger partial charge in [-0.15, -0.1) is 0 Å². The van der Waals surface area contributed by atoms with E-state index in [9.17, 15) is 9.90 Å². The summed E-state index contributed by atoms with van der Waals surface area (Å²) in [6.07, 6.45) is -0.166. The second kappa shape index (κ2) is 4.65. The van der Waals surface area contributed by atoms with Crippen molar-refractivity contribution in [2.24, 2.45) is 0 Å². The van der Waals surface area contributed by atoms with Crippen molar-refractivity contribution in [2.75, 3.05) is 7.11 Å². The summed E-state index contributed by atoms with van der Waals surface area (Å²) in [5.41, 5.74) is 0.994. The lowest BCUT2D eigenvalue weighted by Crippen LogP contribution is -2.12. The number of aliphatic carboxylic acids is 1. The molecule has 0 fully saturated rings. The van der Waals surface area contributed by atoms with Gasteiger partial charge in [0.05, 0.1) is 13.5 Å². The van der Waals surface area contributed by atoms with E-state index in [4.69, 9.17) is 9.84 Å². The highest BCUT2D eigenvalue weighted by atomic mass is 16.5. The van der Waals surface area contributed by atoms with Crippen LogP contribution in [0.5, 0.6) is 11.5 Å². The third kappa shape index (κ3) is 3.12. The van der Waals surface area contributed by atoms with Crippen LogP contribution in [0, 0.1) is 0 Å². The third-order valence-electron chi connectivity index (χ3n) is 2.55. The highest BCUT2D eigenvalue weighted by Gasteiger charge is 2.21. The molecule has 0 spiro atoms. The van der Waals surface area contributed by atoms with Gasteiger partial charge in [-0.3, -0.25) is 4.79 Å². The van der Waals surface area contributed by atoms with Crippen molar-refractivity contribution in [3.63, 3.8) is 0 Å². The van der Waals surface area contributed by atoms with Gasteiger partial charge in [-0.25, -0.2) is 0 Å². The zero-order valence-electron chi connectivity index (χ0n) is 10.6. The standard InChI is InChI=1S/C13H18O4/c1-13(2,3)9-7-11(17-4)8(5-10(9)14)6-12(15)16/h5,7,14H,6H2,1-4H3,(H,15,16). The molecule has 0 atom stereocenters. The molecule has 0 aliphatic rings. The van der Waals surface area contributed by atoms with E-state index >= 15 is 0 Å². The van der Waals surface area contributed by atoms with Crippen LogP contribution in [0.15, 0.2) is 12.1 Å². The first-order valence-electron chi connectivity index (χ1n) is 5.38. The maximum atomic E-state index is 10.7. The topological polar surface area (TPSA) is 66.8 Å². The molecule has 1 rings (SSSR count). The lowest BCUT2D eigenvalue weighted by atomic mass is 9.85. The van der Waals surface area contributed by atoms with Gasteiger partial charge >= 0.3 is 5.97 Å². The predicted octanol–water partition coefficient (Wildman–Crippen LogP) is 2.33. The van der Waals surface area contributed by atoms with Crippen molar-refractivity contribution < 1.29 is 19.7 Å². The fraction of sp³-hybridized carbons (Fsp3) is 0.462. The van der Waals surface area contributed by atoms with Crippen molar-refractivity contribution in [3.8, 4) is 11.5 Å². The molecular weight excluding hydrogens is 220 g/mol. The van der Waals surface area contributed by atoms with E-state index in [1.54, 1.807) is 6.07 Å². The van der Waals surface area contributed by atoms with Crippen LogP contribution < -0.4 is 4.74 Å². The molecule has 1 aromatic carbocycles. The average molecular weight is 238 g/mol. The Morgan fingerprint density at radius 3 is 2.35 bits per heavy atom. The van der Waals surface area contributed by atoms with Gasteiger partial charge in [0.1, 0.15) is 11.5 Å². The summed E-state index contributed by atoms with van der Waals surface area (Å²) in [5.74, 6) is -0.351. The Kier molecular flexibility index (Phi) is 3.66. The van der Waals surface area contributed by atoms with Crippen LogP contribution in [0.25, 0.3) is 0 Å². The zero-order valence-corrected chi connectivity index (χ0v) is 10.6. The van der Waals surface area contributed by atoms with E-state index < -0.39 is 5.97 Å². The third-order valence-corrected chi connectivity index (χ3v) is 2.55. The van der Waals surface area contributed by atoms with E-state index in [1.807, 2.05) is 20.8 Å². The number of carbonyl (C=O) groups is 1. The fourth-order valence-corrected chi connectivity index (χ4v) is 1.70. The van der Waals surface area contributed by atoms with Crippen LogP contribution in [0.2, 0.25) is 0 Å². The van der Waals surface area contributed by atoms with Gasteiger partial charge < -0.3 is 14.9 Å². The second-order valence-corrected chi connectivity index (χ2v) is 5.00. The first-order chi connectivity index (χ1) is 7.75. The molecule has 0 bridgehead atoms. The number of ether oxygens (including phenoxy) is 1. The Labute approximate surface area is 101 Å². The zero-order chi connectivity index (χ0) is 13.2. The van der Waals surface area contributed by atoms with Crippen LogP contribution in [-0.4, -0.2) is 23.3 Å². The number of hydrogen-bond acceptors (Lipinski definition) is 3. The van der Waals surface area contributed by atoms with Gasteiger partial charge in [0.25, 0.3) is 0 Å². The molecule has 0 saturated heterocycles. The van der Waals surface area contributed by atoms with Crippen molar-refractivity contribution in [2.45, 2.75) is 32.6 Å². The summed E-state index contributed by atoms with van der Waals surface area (Å²) >= 11 is 0. The van der Waals surface area contributed by atoms with Gasteiger partial charge in [-0.05, 0) is 17.5 Å². The van der Waals surface area contributed by atoms with E-state index in [1.165, 1.54) is 13.2 Å². The van der Waals surface area contributed by atoms with Gasteiger partial charge in [-0.1, -0.05) is 20.8 Å². The molecule has 0 aromatic heterocycles. The number of hydrogen-bond donors (Lipinski definition) is 2. The van der Waals surface area contributed by atoms with Crippen molar-refractivity contribution in [3.05, 3.63) is 23.3 Å². The van der Waals surface area contributed by atoms with Gasteiger partial charge in [0, 0.05) is 11.1 Å². The first kappa shape index (κ1) is 13.4. The highest BCUT2D eigenvalue weighted by Crippen LogP contribution is 2.36. The molecule has 0 heterocycles. The number of carboxylic acid groups (broad SMARTS) is 1. The van der Waals surface area contributed by atoms with Crippen molar-refractivity contribution in [1.29, 1.82) is 0 Å². The van der Waals surface area contributed by atoms with E-state index in [-0.39, 0.29) is 17.6 Å². The minimum absolute atomic E-state index is 0.106. The summed E-state index contributed by atoms with van der Waals surface area (Å²) < 4.78 is 5.16. The number of phenolic OH excluding ortho intramolecular Hbond substituents is 1. The lowest BCUT2D eigenvalue weighted by Gasteiger charge is -2.22. The highest BCUT2D eigenvalue weighted by molar-refractivity contribution is 5.72. The van der Waals surface area contributed by atoms with E-state index in [0.717, 1.165) is 5.56 Å². The Balaban J connectivity index is 3.29. The first-order valence-corrected chi connectivity index (χ1v) is 5.38. The van der Waals surface area contributed by atoms with Crippen molar-refractivity contribution in [1.82, 2.24) is 0 Å². The predicted molar refractivity (Wildman–Crippen MR) is 64.7 cm³/mol. The molecular formula is C13H18O4. The number of carboxylic acids is 1. The Hall–Kier alpha value is -1.71. The van der Waals surface area contributed by atoms with E-state index in [2.05, 4.69) is 0 Å². The van der Waals surface area contributed by atoms with Gasteiger partial charge in [-0.2, -0.15) is 0 Å². The number of rotatable bonds is 3. The van der Waals surface area contributed by atoms with Crippen LogP contribution in [0.3, 0.4) is 0 Å². The molecule has 1 aromatic rings. The molecule has 0 aliphatic carbocycles. The smallest absolute Gasteiger partial charge is 0.307 e. The second-order valence-electron chi connectivity index (χ2n) is 5.00. The van der Waals surface area contributed by atoms with E-state index in [0.29, 0.717) is 11.3 Å². The average Bonchev–Trinajstić information content (AvgIpc) is 2.14. The molecule has 17 heavy (non-hydrogen) atoms. The normalized spacial score (nSPS) is 11.3. The summed E-state index contributed by atoms with van der Waals surface area (Å²) in [5, 5.41) is 18.7. The van der Waals surface area contributed by atoms with Crippen molar-refractivity contribution >= 4 is 5.97 Å². The largest absolute Gasteiger partial charge is 0.508 e. The Morgan fingerprint density at radius 1 is 1.35 bits per heavy atom. The van der Waals surface area contributed by atoms with Crippen LogP contribution in [0.4, 0.5) is 0 Å². The number of phenols is 1. The number of aromatic hydroxyl groups is 1. The number of methoxy groups -OCH3 is 1. The summed E-state index contributed by atoms with van der Waals surface area (Å²) in [4.78, 5) is 10.7. The molecule has 4 nitrogen and oxygen atoms in total. The summed E-state index contributed by atoms with van der Waals surface area (Å²) in [6.45, 7) is 5.91. The van der Waals surface area contributed by atoms with Gasteiger partial charge in [0.15, 0.2) is 0 Å². The maximum Gasteiger partial charge on any atom is 0.307 e. The number of benzene rings is 1. The van der Waals surface area contributed by atoms with Crippen LogP contribution in [0.1, 0.15) is 31.9 Å². The van der Waals surface area contributed by atoms with Crippen LogP contribution in [-0.2, 0) is 16.6 Å². The lowest BCUT2D eigenvalue weighted by molar-refractivity contribution is -0.136. The molecule has 0 saturated carbocycles. The Bertz CT molecular complexity index is 430. The fourth-order valence-electron chi connectivity index (χ4n) is 1.70. The van der Waals surface area contributed by atoms with Gasteiger partial charge in [0.2, 0.25) is 0 Å². The molecule has 0 amide bonds. The molecule has 2 N–H and O–H groups in total. The monoisotopic (exact) mass is 238 g/mol. The summed E-state index contributed by atoms with van der Waals surface area (Å²) in [6, 6.07) is 3.17. The molecule has 4 heteroatoms. The molecule has 0 aliphatic heterocycles.